The predicted octanol–water partition coefficient (Wildman–Crippen LogP) is 0.666. The van der Waals surface area contributed by atoms with Gasteiger partial charge in [-0.15, -0.1) is 0 Å². The zero-order valence-electron chi connectivity index (χ0n) is 12.1. The van der Waals surface area contributed by atoms with Gasteiger partial charge in [0.15, 0.2) is 5.76 Å². The minimum atomic E-state index is -2.93. The van der Waals surface area contributed by atoms with Crippen molar-refractivity contribution in [3.8, 4) is 0 Å². The third-order valence-electron chi connectivity index (χ3n) is 4.54. The van der Waals surface area contributed by atoms with Gasteiger partial charge in [-0.25, -0.2) is 0 Å². The molecular formula is C17H12O7. The standard InChI is InChI=1S/C17H12O7/c18-13-10-2-1-7-8-5-6-16(21,22)17(23,24)11(8)4-3-9(7)12(10)14(19)15(13)20/h1-6,21-24H,(H2,18,19,20). The second-order valence-electron chi connectivity index (χ2n) is 5.87. The number of fused-ring (bicyclic) bond motifs is 5. The number of aliphatic hydroxyl groups is 6. The zero-order chi connectivity index (χ0) is 17.4. The van der Waals surface area contributed by atoms with Crippen LogP contribution in [0, 0.1) is 0 Å². The normalized spacial score (nSPS) is 20.4. The molecule has 0 unspecified atom stereocenters. The number of Topliss-reactive ketones (excluding diaryl/α,β-unsaturated/α-hetero) is 1. The highest BCUT2D eigenvalue weighted by atomic mass is 16.6. The SMILES string of the molecule is O=C1C(O)=C(O)c2ccc3c4c(ccc3c21)C(O)(O)C(O)(O)C=C4. The van der Waals surface area contributed by atoms with Crippen LogP contribution in [0.5, 0.6) is 0 Å². The molecule has 0 aliphatic heterocycles. The van der Waals surface area contributed by atoms with Crippen molar-refractivity contribution in [3.63, 3.8) is 0 Å². The van der Waals surface area contributed by atoms with Crippen LogP contribution in [0.4, 0.5) is 0 Å². The van der Waals surface area contributed by atoms with Gasteiger partial charge in [-0.1, -0.05) is 24.3 Å². The summed E-state index contributed by atoms with van der Waals surface area (Å²) in [5.74, 6) is -7.77. The van der Waals surface area contributed by atoms with Crippen molar-refractivity contribution in [2.75, 3.05) is 0 Å². The minimum Gasteiger partial charge on any atom is -0.504 e. The fourth-order valence-electron chi connectivity index (χ4n) is 3.22. The van der Waals surface area contributed by atoms with E-state index in [0.717, 1.165) is 6.08 Å². The van der Waals surface area contributed by atoms with Gasteiger partial charge in [0, 0.05) is 16.7 Å². The molecule has 0 spiro atoms. The lowest BCUT2D eigenvalue weighted by molar-refractivity contribution is -0.343. The number of benzene rings is 2. The van der Waals surface area contributed by atoms with Crippen LogP contribution in [0.25, 0.3) is 22.6 Å². The molecule has 0 atom stereocenters. The molecule has 0 amide bonds. The lowest BCUT2D eigenvalue weighted by Gasteiger charge is -2.37. The third-order valence-corrected chi connectivity index (χ3v) is 4.54. The average Bonchev–Trinajstić information content (AvgIpc) is 2.75. The topological polar surface area (TPSA) is 138 Å². The van der Waals surface area contributed by atoms with E-state index in [9.17, 15) is 35.4 Å². The molecule has 7 heteroatoms. The van der Waals surface area contributed by atoms with Gasteiger partial charge in [0.1, 0.15) is 0 Å². The van der Waals surface area contributed by atoms with Crippen LogP contribution in [-0.4, -0.2) is 42.2 Å². The maximum Gasteiger partial charge on any atom is 0.250 e. The molecule has 2 aromatic carbocycles. The summed E-state index contributed by atoms with van der Waals surface area (Å²) in [4.78, 5) is 12.2. The second kappa shape index (κ2) is 4.22. The van der Waals surface area contributed by atoms with Crippen LogP contribution in [0.15, 0.2) is 36.1 Å². The summed E-state index contributed by atoms with van der Waals surface area (Å²) in [7, 11) is 0. The van der Waals surface area contributed by atoms with E-state index in [4.69, 9.17) is 0 Å². The van der Waals surface area contributed by atoms with Crippen molar-refractivity contribution in [3.05, 3.63) is 58.4 Å². The molecule has 0 aromatic heterocycles. The molecule has 0 bridgehead atoms. The van der Waals surface area contributed by atoms with Crippen LogP contribution < -0.4 is 0 Å². The average molecular weight is 328 g/mol. The van der Waals surface area contributed by atoms with E-state index in [0.29, 0.717) is 10.8 Å². The van der Waals surface area contributed by atoms with E-state index < -0.39 is 28.9 Å². The van der Waals surface area contributed by atoms with Gasteiger partial charge in [0.25, 0.3) is 5.79 Å². The van der Waals surface area contributed by atoms with Gasteiger partial charge < -0.3 is 30.6 Å². The molecule has 0 saturated heterocycles. The Kier molecular flexibility index (Phi) is 2.61. The molecule has 0 saturated carbocycles. The Balaban J connectivity index is 2.07. The summed E-state index contributed by atoms with van der Waals surface area (Å²) in [5, 5.41) is 59.9. The van der Waals surface area contributed by atoms with Gasteiger partial charge in [-0.05, 0) is 28.5 Å². The van der Waals surface area contributed by atoms with Gasteiger partial charge in [-0.3, -0.25) is 4.79 Å². The first kappa shape index (κ1) is 14.9. The van der Waals surface area contributed by atoms with Gasteiger partial charge in [0.2, 0.25) is 17.3 Å². The molecular weight excluding hydrogens is 316 g/mol. The lowest BCUT2D eigenvalue weighted by Crippen LogP contribution is -2.52. The third kappa shape index (κ3) is 1.56. The van der Waals surface area contributed by atoms with Crippen LogP contribution in [0.1, 0.15) is 27.0 Å². The summed E-state index contributed by atoms with van der Waals surface area (Å²) in [5.41, 5.74) is 0.430. The van der Waals surface area contributed by atoms with E-state index in [-0.39, 0.29) is 22.3 Å². The second-order valence-corrected chi connectivity index (χ2v) is 5.87. The number of ketones is 1. The molecule has 2 aliphatic carbocycles. The Hall–Kier alpha value is -2.71. The van der Waals surface area contributed by atoms with Crippen molar-refractivity contribution in [2.24, 2.45) is 0 Å². The van der Waals surface area contributed by atoms with Crippen molar-refractivity contribution >= 4 is 28.4 Å². The number of hydrogen-bond acceptors (Lipinski definition) is 7. The first-order valence-electron chi connectivity index (χ1n) is 7.03. The molecule has 24 heavy (non-hydrogen) atoms. The highest BCUT2D eigenvalue weighted by molar-refractivity contribution is 6.24. The summed E-state index contributed by atoms with van der Waals surface area (Å²) in [6.07, 6.45) is 2.14. The summed E-state index contributed by atoms with van der Waals surface area (Å²) < 4.78 is 0. The number of hydrogen-bond donors (Lipinski definition) is 6. The van der Waals surface area contributed by atoms with E-state index >= 15 is 0 Å². The monoisotopic (exact) mass is 328 g/mol. The number of carbonyl (C=O) groups is 1. The van der Waals surface area contributed by atoms with Crippen molar-refractivity contribution in [1.82, 2.24) is 0 Å². The first-order valence-corrected chi connectivity index (χ1v) is 7.03. The smallest absolute Gasteiger partial charge is 0.250 e. The molecule has 6 N–H and O–H groups in total. The van der Waals surface area contributed by atoms with Gasteiger partial charge in [0.05, 0.1) is 0 Å². The summed E-state index contributed by atoms with van der Waals surface area (Å²) in [6, 6.07) is 5.62. The van der Waals surface area contributed by atoms with E-state index in [1.165, 1.54) is 30.3 Å². The molecule has 0 fully saturated rings. The first-order chi connectivity index (χ1) is 11.2. The highest BCUT2D eigenvalue weighted by Crippen LogP contribution is 2.43. The Morgan fingerprint density at radius 3 is 2.21 bits per heavy atom. The fourth-order valence-corrected chi connectivity index (χ4v) is 3.22. The number of rotatable bonds is 0. The fraction of sp³-hybridized carbons (Fsp3) is 0.118. The van der Waals surface area contributed by atoms with E-state index in [1.54, 1.807) is 0 Å². The maximum absolute atomic E-state index is 12.2. The number of allylic oxidation sites excluding steroid dienone is 1. The van der Waals surface area contributed by atoms with Crippen molar-refractivity contribution in [2.45, 2.75) is 11.6 Å². The molecule has 2 aliphatic rings. The zero-order valence-corrected chi connectivity index (χ0v) is 12.1. The van der Waals surface area contributed by atoms with Crippen LogP contribution >= 0.6 is 0 Å². The minimum absolute atomic E-state index is 0.102. The van der Waals surface area contributed by atoms with E-state index in [2.05, 4.69) is 0 Å². The number of carbonyl (C=O) groups excluding carboxylic acids is 1. The lowest BCUT2D eigenvalue weighted by atomic mass is 9.83. The Labute approximate surface area is 134 Å². The van der Waals surface area contributed by atoms with Crippen LogP contribution in [0.2, 0.25) is 0 Å². The quantitative estimate of drug-likeness (QED) is 0.391. The van der Waals surface area contributed by atoms with Gasteiger partial charge in [-0.2, -0.15) is 0 Å². The molecule has 4 rings (SSSR count). The molecule has 0 heterocycles. The van der Waals surface area contributed by atoms with Gasteiger partial charge >= 0.3 is 0 Å². The predicted molar refractivity (Wildman–Crippen MR) is 82.8 cm³/mol. The van der Waals surface area contributed by atoms with Crippen LogP contribution in [-0.2, 0) is 5.79 Å². The molecule has 0 radical (unpaired) electrons. The summed E-state index contributed by atoms with van der Waals surface area (Å²) in [6.45, 7) is 0. The maximum atomic E-state index is 12.2. The Morgan fingerprint density at radius 2 is 1.50 bits per heavy atom. The molecule has 2 aromatic rings. The summed E-state index contributed by atoms with van der Waals surface area (Å²) >= 11 is 0. The van der Waals surface area contributed by atoms with Crippen LogP contribution in [0.3, 0.4) is 0 Å². The number of aliphatic hydroxyl groups excluding tert-OH is 2. The molecule has 7 nitrogen and oxygen atoms in total. The Morgan fingerprint density at radius 1 is 0.833 bits per heavy atom. The van der Waals surface area contributed by atoms with Crippen molar-refractivity contribution in [1.29, 1.82) is 0 Å². The van der Waals surface area contributed by atoms with Crippen molar-refractivity contribution < 1.29 is 35.4 Å². The molecule has 122 valence electrons. The van der Waals surface area contributed by atoms with E-state index in [1.807, 2.05) is 0 Å². The largest absolute Gasteiger partial charge is 0.504 e. The Bertz CT molecular complexity index is 996. The highest BCUT2D eigenvalue weighted by Gasteiger charge is 2.50.